The zero-order valence-electron chi connectivity index (χ0n) is 15.1. The van der Waals surface area contributed by atoms with E-state index >= 15 is 0 Å². The van der Waals surface area contributed by atoms with Crippen molar-refractivity contribution in [2.75, 3.05) is 44.2 Å². The van der Waals surface area contributed by atoms with Crippen molar-refractivity contribution < 1.29 is 9.59 Å². The van der Waals surface area contributed by atoms with Gasteiger partial charge in [-0.3, -0.25) is 9.59 Å². The highest BCUT2D eigenvalue weighted by molar-refractivity contribution is 5.78. The molecule has 0 atom stereocenters. The monoisotopic (exact) mass is 331 g/mol. The van der Waals surface area contributed by atoms with Crippen molar-refractivity contribution >= 4 is 17.5 Å². The lowest BCUT2D eigenvalue weighted by atomic mass is 10.2. The number of carbonyl (C=O) groups excluding carboxylic acids is 2. The van der Waals surface area contributed by atoms with Crippen molar-refractivity contribution in [2.45, 2.75) is 33.6 Å². The number of anilines is 1. The van der Waals surface area contributed by atoms with Gasteiger partial charge in [-0.15, -0.1) is 0 Å². The Balaban J connectivity index is 1.81. The number of benzene rings is 1. The average molecular weight is 331 g/mol. The Labute approximate surface area is 145 Å². The molecule has 1 fully saturated rings. The third-order valence-electron chi connectivity index (χ3n) is 4.53. The fourth-order valence-corrected chi connectivity index (χ4v) is 3.12. The number of aryl methyl sites for hydroxylation is 1. The molecule has 0 aliphatic carbocycles. The lowest BCUT2D eigenvalue weighted by Gasteiger charge is -2.36. The number of hydrogen-bond donors (Lipinski definition) is 0. The molecule has 0 saturated carbocycles. The quantitative estimate of drug-likeness (QED) is 0.803. The first-order valence-corrected chi connectivity index (χ1v) is 8.86. The topological polar surface area (TPSA) is 43.9 Å². The van der Waals surface area contributed by atoms with E-state index < -0.39 is 0 Å². The molecule has 5 heteroatoms. The molecule has 0 bridgehead atoms. The summed E-state index contributed by atoms with van der Waals surface area (Å²) >= 11 is 0. The highest BCUT2D eigenvalue weighted by Crippen LogP contribution is 2.18. The van der Waals surface area contributed by atoms with E-state index in [1.54, 1.807) is 11.8 Å². The maximum absolute atomic E-state index is 12.4. The highest BCUT2D eigenvalue weighted by atomic mass is 16.2. The summed E-state index contributed by atoms with van der Waals surface area (Å²) in [6.45, 7) is 10.2. The highest BCUT2D eigenvalue weighted by Gasteiger charge is 2.22. The minimum atomic E-state index is 0.0499. The van der Waals surface area contributed by atoms with Gasteiger partial charge in [-0.2, -0.15) is 0 Å². The summed E-state index contributed by atoms with van der Waals surface area (Å²) in [7, 11) is 0. The van der Waals surface area contributed by atoms with E-state index in [2.05, 4.69) is 36.1 Å². The molecular weight excluding hydrogens is 302 g/mol. The smallest absolute Gasteiger partial charge is 0.224 e. The Kier molecular flexibility index (Phi) is 6.64. The summed E-state index contributed by atoms with van der Waals surface area (Å²) in [6.07, 6.45) is 1.34. The molecule has 24 heavy (non-hydrogen) atoms. The summed E-state index contributed by atoms with van der Waals surface area (Å²) in [5, 5.41) is 0. The van der Waals surface area contributed by atoms with Crippen molar-refractivity contribution in [1.29, 1.82) is 0 Å². The van der Waals surface area contributed by atoms with Gasteiger partial charge in [0.25, 0.3) is 0 Å². The summed E-state index contributed by atoms with van der Waals surface area (Å²) in [6, 6.07) is 8.49. The summed E-state index contributed by atoms with van der Waals surface area (Å²) in [4.78, 5) is 30.0. The lowest BCUT2D eigenvalue weighted by Crippen LogP contribution is -2.49. The van der Waals surface area contributed by atoms with Gasteiger partial charge in [0.2, 0.25) is 11.8 Å². The molecule has 1 aromatic carbocycles. The Morgan fingerprint density at radius 2 is 1.83 bits per heavy atom. The predicted octanol–water partition coefficient (Wildman–Crippen LogP) is 2.29. The van der Waals surface area contributed by atoms with Gasteiger partial charge in [0.05, 0.1) is 0 Å². The molecule has 2 rings (SSSR count). The van der Waals surface area contributed by atoms with Crippen LogP contribution in [0.1, 0.15) is 32.3 Å². The van der Waals surface area contributed by atoms with Crippen LogP contribution >= 0.6 is 0 Å². The molecule has 1 heterocycles. The Morgan fingerprint density at radius 1 is 1.12 bits per heavy atom. The zero-order chi connectivity index (χ0) is 17.5. The second-order valence-corrected chi connectivity index (χ2v) is 6.46. The van der Waals surface area contributed by atoms with Crippen LogP contribution in [-0.4, -0.2) is 60.9 Å². The average Bonchev–Trinajstić information content (AvgIpc) is 2.58. The van der Waals surface area contributed by atoms with Crippen molar-refractivity contribution in [2.24, 2.45) is 0 Å². The first-order valence-electron chi connectivity index (χ1n) is 8.86. The second kappa shape index (κ2) is 8.71. The lowest BCUT2D eigenvalue weighted by molar-refractivity contribution is -0.133. The maximum atomic E-state index is 12.4. The van der Waals surface area contributed by atoms with Gasteiger partial charge in [0.15, 0.2) is 0 Å². The number of amides is 2. The Morgan fingerprint density at radius 3 is 2.42 bits per heavy atom. The van der Waals surface area contributed by atoms with Gasteiger partial charge >= 0.3 is 0 Å². The fraction of sp³-hybridized carbons (Fsp3) is 0.579. The first kappa shape index (κ1) is 18.3. The minimum absolute atomic E-state index is 0.0499. The van der Waals surface area contributed by atoms with Crippen LogP contribution in [0.15, 0.2) is 24.3 Å². The largest absolute Gasteiger partial charge is 0.368 e. The first-order chi connectivity index (χ1) is 11.5. The number of piperazine rings is 1. The van der Waals surface area contributed by atoms with Crippen LogP contribution in [0, 0.1) is 6.92 Å². The standard InChI is InChI=1S/C19H29N3O2/c1-4-9-20(17(3)23)10-8-19(24)22-13-11-21(12-14-22)18-7-5-6-16(2)15-18/h5-7,15H,4,8-14H2,1-3H3. The summed E-state index contributed by atoms with van der Waals surface area (Å²) < 4.78 is 0. The van der Waals surface area contributed by atoms with Gasteiger partial charge in [-0.25, -0.2) is 0 Å². The van der Waals surface area contributed by atoms with E-state index in [9.17, 15) is 9.59 Å². The summed E-state index contributed by atoms with van der Waals surface area (Å²) in [5.74, 6) is 0.204. The van der Waals surface area contributed by atoms with Crippen LogP contribution < -0.4 is 4.90 Å². The number of nitrogens with zero attached hydrogens (tertiary/aromatic N) is 3. The fourth-order valence-electron chi connectivity index (χ4n) is 3.12. The molecule has 1 saturated heterocycles. The molecule has 0 N–H and O–H groups in total. The van der Waals surface area contributed by atoms with Crippen molar-refractivity contribution in [3.63, 3.8) is 0 Å². The molecule has 1 aliphatic rings. The third-order valence-corrected chi connectivity index (χ3v) is 4.53. The van der Waals surface area contributed by atoms with Gasteiger partial charge in [-0.05, 0) is 31.0 Å². The van der Waals surface area contributed by atoms with Gasteiger partial charge in [0, 0.05) is 58.3 Å². The van der Waals surface area contributed by atoms with Gasteiger partial charge in [0.1, 0.15) is 0 Å². The molecule has 2 amide bonds. The summed E-state index contributed by atoms with van der Waals surface area (Å²) in [5.41, 5.74) is 2.49. The van der Waals surface area contributed by atoms with Gasteiger partial charge in [-0.1, -0.05) is 19.1 Å². The molecule has 0 aromatic heterocycles. The molecule has 0 unspecified atom stereocenters. The molecule has 0 radical (unpaired) electrons. The number of carbonyl (C=O) groups is 2. The van der Waals surface area contributed by atoms with Crippen LogP contribution in [0.25, 0.3) is 0 Å². The normalized spacial score (nSPS) is 14.6. The Bertz CT molecular complexity index is 565. The molecule has 0 spiro atoms. The van der Waals surface area contributed by atoms with Crippen LogP contribution in [-0.2, 0) is 9.59 Å². The Hall–Kier alpha value is -2.04. The molecule has 1 aliphatic heterocycles. The molecule has 5 nitrogen and oxygen atoms in total. The van der Waals surface area contributed by atoms with E-state index in [1.165, 1.54) is 11.3 Å². The van der Waals surface area contributed by atoms with Crippen LogP contribution in [0.4, 0.5) is 5.69 Å². The van der Waals surface area contributed by atoms with E-state index in [0.29, 0.717) is 13.0 Å². The van der Waals surface area contributed by atoms with Crippen LogP contribution in [0.2, 0.25) is 0 Å². The van der Waals surface area contributed by atoms with E-state index in [0.717, 1.165) is 39.1 Å². The molecule has 1 aromatic rings. The predicted molar refractivity (Wildman–Crippen MR) is 97.1 cm³/mol. The molecular formula is C19H29N3O2. The number of hydrogen-bond acceptors (Lipinski definition) is 3. The second-order valence-electron chi connectivity index (χ2n) is 6.46. The van der Waals surface area contributed by atoms with Crippen molar-refractivity contribution in [3.8, 4) is 0 Å². The van der Waals surface area contributed by atoms with E-state index in [1.807, 2.05) is 11.8 Å². The third kappa shape index (κ3) is 4.98. The van der Waals surface area contributed by atoms with Gasteiger partial charge < -0.3 is 14.7 Å². The van der Waals surface area contributed by atoms with Crippen LogP contribution in [0.3, 0.4) is 0 Å². The zero-order valence-corrected chi connectivity index (χ0v) is 15.1. The van der Waals surface area contributed by atoms with Crippen molar-refractivity contribution in [3.05, 3.63) is 29.8 Å². The SMILES string of the molecule is CCCN(CCC(=O)N1CCN(c2cccc(C)c2)CC1)C(C)=O. The van der Waals surface area contributed by atoms with E-state index in [-0.39, 0.29) is 11.8 Å². The van der Waals surface area contributed by atoms with E-state index in [4.69, 9.17) is 0 Å². The van der Waals surface area contributed by atoms with Crippen molar-refractivity contribution in [1.82, 2.24) is 9.80 Å². The number of rotatable bonds is 6. The molecule has 132 valence electrons. The maximum Gasteiger partial charge on any atom is 0.224 e. The van der Waals surface area contributed by atoms with Crippen LogP contribution in [0.5, 0.6) is 0 Å². The minimum Gasteiger partial charge on any atom is -0.368 e.